The van der Waals surface area contributed by atoms with Crippen LogP contribution in [0.4, 0.5) is 4.79 Å². The first kappa shape index (κ1) is 8.31. The van der Waals surface area contributed by atoms with Crippen molar-refractivity contribution in [3.63, 3.8) is 0 Å². The highest BCUT2D eigenvalue weighted by atomic mass is 35.5. The third-order valence-electron chi connectivity index (χ3n) is 1.84. The lowest BCUT2D eigenvalue weighted by Crippen LogP contribution is -2.18. The fraction of sp³-hybridized carbons (Fsp3) is 0.250. The van der Waals surface area contributed by atoms with E-state index in [0.717, 1.165) is 5.56 Å². The molecule has 2 heterocycles. The number of cyclic esters (lactones) is 1. The molecule has 0 saturated carbocycles. The molecule has 4 nitrogen and oxygen atoms in total. The standard InChI is InChI=1S/C8H7ClN2O2/c9-7-5(2-1-3-10-7)6-4-13-8(12)11-6/h1-3,6H,4H2,(H,11,12)/t6-/m1/s1. The van der Waals surface area contributed by atoms with Crippen LogP contribution in [0.25, 0.3) is 0 Å². The molecular formula is C8H7ClN2O2. The van der Waals surface area contributed by atoms with Gasteiger partial charge in [0.15, 0.2) is 0 Å². The van der Waals surface area contributed by atoms with Crippen molar-refractivity contribution < 1.29 is 9.53 Å². The summed E-state index contributed by atoms with van der Waals surface area (Å²) in [4.78, 5) is 14.6. The van der Waals surface area contributed by atoms with Crippen LogP contribution in [0.5, 0.6) is 0 Å². The molecule has 1 atom stereocenters. The van der Waals surface area contributed by atoms with Crippen LogP contribution in [-0.2, 0) is 4.74 Å². The number of hydrogen-bond donors (Lipinski definition) is 1. The Morgan fingerprint density at radius 2 is 2.54 bits per heavy atom. The number of ether oxygens (including phenoxy) is 1. The van der Waals surface area contributed by atoms with Crippen LogP contribution in [0.15, 0.2) is 18.3 Å². The Morgan fingerprint density at radius 3 is 3.15 bits per heavy atom. The smallest absolute Gasteiger partial charge is 0.407 e. The van der Waals surface area contributed by atoms with E-state index in [-0.39, 0.29) is 6.04 Å². The van der Waals surface area contributed by atoms with Crippen molar-refractivity contribution in [2.45, 2.75) is 6.04 Å². The molecule has 68 valence electrons. The van der Waals surface area contributed by atoms with Crippen LogP contribution in [0, 0.1) is 0 Å². The highest BCUT2D eigenvalue weighted by molar-refractivity contribution is 6.30. The number of amides is 1. The number of hydrogen-bond acceptors (Lipinski definition) is 3. The van der Waals surface area contributed by atoms with E-state index in [4.69, 9.17) is 16.3 Å². The second-order valence-corrected chi connectivity index (χ2v) is 3.04. The van der Waals surface area contributed by atoms with Gasteiger partial charge in [-0.2, -0.15) is 0 Å². The summed E-state index contributed by atoms with van der Waals surface area (Å²) in [6, 6.07) is 3.41. The fourth-order valence-corrected chi connectivity index (χ4v) is 1.46. The number of pyridine rings is 1. The largest absolute Gasteiger partial charge is 0.447 e. The predicted molar refractivity (Wildman–Crippen MR) is 46.5 cm³/mol. The number of carbonyl (C=O) groups is 1. The minimum atomic E-state index is -0.412. The van der Waals surface area contributed by atoms with Crippen LogP contribution in [0.3, 0.4) is 0 Å². The second kappa shape index (κ2) is 3.22. The molecule has 0 spiro atoms. The monoisotopic (exact) mass is 198 g/mol. The van der Waals surface area contributed by atoms with Gasteiger partial charge in [0.1, 0.15) is 11.8 Å². The zero-order chi connectivity index (χ0) is 9.26. The fourth-order valence-electron chi connectivity index (χ4n) is 1.21. The molecule has 1 aromatic rings. The Balaban J connectivity index is 2.26. The Kier molecular flexibility index (Phi) is 2.06. The first-order chi connectivity index (χ1) is 6.27. The normalized spacial score (nSPS) is 21.0. The molecule has 1 aromatic heterocycles. The van der Waals surface area contributed by atoms with Crippen molar-refractivity contribution >= 4 is 17.7 Å². The molecule has 0 aromatic carbocycles. The predicted octanol–water partition coefficient (Wildman–Crippen LogP) is 1.52. The van der Waals surface area contributed by atoms with Crippen molar-refractivity contribution in [2.75, 3.05) is 6.61 Å². The number of alkyl carbamates (subject to hydrolysis) is 1. The lowest BCUT2D eigenvalue weighted by molar-refractivity contribution is 0.177. The van der Waals surface area contributed by atoms with Crippen molar-refractivity contribution in [3.8, 4) is 0 Å². The van der Waals surface area contributed by atoms with E-state index in [1.807, 2.05) is 6.07 Å². The van der Waals surface area contributed by atoms with E-state index in [1.165, 1.54) is 0 Å². The average molecular weight is 199 g/mol. The molecule has 2 rings (SSSR count). The Bertz CT molecular complexity index is 343. The van der Waals surface area contributed by atoms with Crippen LogP contribution in [0.2, 0.25) is 5.15 Å². The van der Waals surface area contributed by atoms with E-state index < -0.39 is 6.09 Å². The molecule has 1 N–H and O–H groups in total. The lowest BCUT2D eigenvalue weighted by Gasteiger charge is -2.07. The van der Waals surface area contributed by atoms with Gasteiger partial charge in [-0.25, -0.2) is 9.78 Å². The maximum atomic E-state index is 10.7. The van der Waals surface area contributed by atoms with E-state index in [0.29, 0.717) is 11.8 Å². The topological polar surface area (TPSA) is 51.2 Å². The molecule has 13 heavy (non-hydrogen) atoms. The SMILES string of the molecule is O=C1N[C@@H](c2cccnc2Cl)CO1. The third kappa shape index (κ3) is 1.58. The van der Waals surface area contributed by atoms with Crippen LogP contribution >= 0.6 is 11.6 Å². The Labute approximate surface area is 79.9 Å². The number of nitrogens with one attached hydrogen (secondary N) is 1. The van der Waals surface area contributed by atoms with Crippen LogP contribution in [-0.4, -0.2) is 17.7 Å². The molecule has 1 amide bonds. The quantitative estimate of drug-likeness (QED) is 0.696. The summed E-state index contributed by atoms with van der Waals surface area (Å²) in [7, 11) is 0. The van der Waals surface area contributed by atoms with Crippen molar-refractivity contribution in [1.82, 2.24) is 10.3 Å². The summed E-state index contributed by atoms with van der Waals surface area (Å²) in [6.45, 7) is 0.310. The van der Waals surface area contributed by atoms with E-state index >= 15 is 0 Å². The van der Waals surface area contributed by atoms with E-state index in [2.05, 4.69) is 10.3 Å². The van der Waals surface area contributed by atoms with Gasteiger partial charge >= 0.3 is 6.09 Å². The minimum Gasteiger partial charge on any atom is -0.447 e. The number of carbonyl (C=O) groups excluding carboxylic acids is 1. The number of halogens is 1. The molecule has 1 fully saturated rings. The molecule has 1 aliphatic rings. The van der Waals surface area contributed by atoms with E-state index in [1.54, 1.807) is 12.3 Å². The van der Waals surface area contributed by atoms with Gasteiger partial charge in [-0.05, 0) is 6.07 Å². The summed E-state index contributed by atoms with van der Waals surface area (Å²) in [5.74, 6) is 0. The third-order valence-corrected chi connectivity index (χ3v) is 2.15. The molecule has 5 heteroatoms. The summed E-state index contributed by atoms with van der Waals surface area (Å²) in [5.41, 5.74) is 0.787. The number of nitrogens with zero attached hydrogens (tertiary/aromatic N) is 1. The lowest BCUT2D eigenvalue weighted by atomic mass is 10.1. The Hall–Kier alpha value is -1.29. The van der Waals surface area contributed by atoms with Gasteiger partial charge in [-0.15, -0.1) is 0 Å². The summed E-state index contributed by atoms with van der Waals surface area (Å²) >= 11 is 5.83. The zero-order valence-corrected chi connectivity index (χ0v) is 7.41. The van der Waals surface area contributed by atoms with Gasteiger partial charge in [0.25, 0.3) is 0 Å². The number of aromatic nitrogens is 1. The summed E-state index contributed by atoms with van der Waals surface area (Å²) < 4.78 is 4.74. The molecular weight excluding hydrogens is 192 g/mol. The minimum absolute atomic E-state index is 0.173. The van der Waals surface area contributed by atoms with Crippen molar-refractivity contribution in [2.24, 2.45) is 0 Å². The van der Waals surface area contributed by atoms with Crippen LogP contribution in [0.1, 0.15) is 11.6 Å². The molecule has 0 unspecified atom stereocenters. The molecule has 0 bridgehead atoms. The summed E-state index contributed by atoms with van der Waals surface area (Å²) in [6.07, 6.45) is 1.19. The zero-order valence-electron chi connectivity index (χ0n) is 6.66. The van der Waals surface area contributed by atoms with Crippen LogP contribution < -0.4 is 5.32 Å². The Morgan fingerprint density at radius 1 is 1.69 bits per heavy atom. The molecule has 1 aliphatic heterocycles. The second-order valence-electron chi connectivity index (χ2n) is 2.68. The van der Waals surface area contributed by atoms with Crippen molar-refractivity contribution in [1.29, 1.82) is 0 Å². The average Bonchev–Trinajstić information content (AvgIpc) is 2.53. The van der Waals surface area contributed by atoms with Gasteiger partial charge in [0.05, 0.1) is 6.04 Å². The maximum absolute atomic E-state index is 10.7. The highest BCUT2D eigenvalue weighted by Crippen LogP contribution is 2.23. The molecule has 0 aliphatic carbocycles. The van der Waals surface area contributed by atoms with Crippen molar-refractivity contribution in [3.05, 3.63) is 29.0 Å². The first-order valence-corrected chi connectivity index (χ1v) is 4.19. The van der Waals surface area contributed by atoms with E-state index in [9.17, 15) is 4.79 Å². The van der Waals surface area contributed by atoms with Gasteiger partial charge in [0.2, 0.25) is 0 Å². The number of rotatable bonds is 1. The van der Waals surface area contributed by atoms with Gasteiger partial charge in [-0.3, -0.25) is 0 Å². The van der Waals surface area contributed by atoms with Gasteiger partial charge in [0, 0.05) is 11.8 Å². The van der Waals surface area contributed by atoms with Gasteiger partial charge < -0.3 is 10.1 Å². The highest BCUT2D eigenvalue weighted by Gasteiger charge is 2.25. The first-order valence-electron chi connectivity index (χ1n) is 3.81. The molecule has 1 saturated heterocycles. The molecule has 0 radical (unpaired) electrons. The maximum Gasteiger partial charge on any atom is 0.407 e. The van der Waals surface area contributed by atoms with Gasteiger partial charge in [-0.1, -0.05) is 17.7 Å². The summed E-state index contributed by atoms with van der Waals surface area (Å²) in [5, 5.41) is 3.03.